The number of H-pyrrole nitrogens is 1. The Hall–Kier alpha value is -2.50. The van der Waals surface area contributed by atoms with Crippen LogP contribution < -0.4 is 5.43 Å². The van der Waals surface area contributed by atoms with Crippen LogP contribution in [0, 0.1) is 0 Å². The summed E-state index contributed by atoms with van der Waals surface area (Å²) in [6.07, 6.45) is 6.32. The molecule has 0 aromatic carbocycles. The van der Waals surface area contributed by atoms with E-state index in [0.29, 0.717) is 17.0 Å². The highest BCUT2D eigenvalue weighted by atomic mass is 16.1. The Balaban J connectivity index is 2.29. The molecular weight excluding hydrogens is 206 g/mol. The number of hydrogen-bond donors (Lipinski definition) is 1. The van der Waals surface area contributed by atoms with Gasteiger partial charge in [0, 0.05) is 24.5 Å². The smallest absolute Gasteiger partial charge is 0.181 e. The summed E-state index contributed by atoms with van der Waals surface area (Å²) in [5, 5.41) is 0. The quantitative estimate of drug-likeness (QED) is 0.638. The molecule has 6 nitrogen and oxygen atoms in total. The molecule has 1 N–H and O–H groups in total. The van der Waals surface area contributed by atoms with Crippen molar-refractivity contribution in [3.05, 3.63) is 47.4 Å². The predicted octanol–water partition coefficient (Wildman–Crippen LogP) is 0.504. The Morgan fingerprint density at radius 1 is 1.12 bits per heavy atom. The number of fused-ring (bicyclic) bond motifs is 1. The molecule has 3 rings (SSSR count). The molecule has 16 heavy (non-hydrogen) atoms. The van der Waals surface area contributed by atoms with E-state index in [0.717, 1.165) is 0 Å². The van der Waals surface area contributed by atoms with Gasteiger partial charge in [0.15, 0.2) is 22.4 Å². The van der Waals surface area contributed by atoms with Crippen LogP contribution in [0.5, 0.6) is 0 Å². The van der Waals surface area contributed by atoms with Gasteiger partial charge in [-0.2, -0.15) is 0 Å². The fraction of sp³-hybridized carbons (Fsp3) is 0. The molecular formula is C10H7N5O. The Morgan fingerprint density at radius 3 is 2.75 bits per heavy atom. The summed E-state index contributed by atoms with van der Waals surface area (Å²) >= 11 is 0. The molecule has 0 unspecified atom stereocenters. The zero-order valence-electron chi connectivity index (χ0n) is 8.16. The number of imidazole rings is 1. The van der Waals surface area contributed by atoms with Crippen molar-refractivity contribution >= 4 is 11.2 Å². The van der Waals surface area contributed by atoms with Gasteiger partial charge in [-0.15, -0.1) is 0 Å². The maximum atomic E-state index is 11.0. The summed E-state index contributed by atoms with van der Waals surface area (Å²) in [5.74, 6) is 0.645. The summed E-state index contributed by atoms with van der Waals surface area (Å²) in [6, 6.07) is 2.95. The van der Waals surface area contributed by atoms with Gasteiger partial charge in [-0.05, 0) is 0 Å². The first-order valence-electron chi connectivity index (χ1n) is 4.67. The number of nitrogens with zero attached hydrogens (tertiary/aromatic N) is 4. The summed E-state index contributed by atoms with van der Waals surface area (Å²) in [4.78, 5) is 26.2. The van der Waals surface area contributed by atoms with Gasteiger partial charge in [-0.25, -0.2) is 15.0 Å². The van der Waals surface area contributed by atoms with E-state index >= 15 is 0 Å². The van der Waals surface area contributed by atoms with Gasteiger partial charge < -0.3 is 9.55 Å². The van der Waals surface area contributed by atoms with E-state index in [2.05, 4.69) is 19.9 Å². The Morgan fingerprint density at radius 2 is 1.94 bits per heavy atom. The molecule has 0 aliphatic rings. The van der Waals surface area contributed by atoms with Crippen LogP contribution in [0.4, 0.5) is 0 Å². The van der Waals surface area contributed by atoms with Crippen LogP contribution >= 0.6 is 0 Å². The van der Waals surface area contributed by atoms with Crippen LogP contribution in [0.1, 0.15) is 0 Å². The molecule has 0 atom stereocenters. The Bertz CT molecular complexity index is 679. The monoisotopic (exact) mass is 213 g/mol. The molecule has 0 bridgehead atoms. The van der Waals surface area contributed by atoms with Gasteiger partial charge in [0.2, 0.25) is 0 Å². The van der Waals surface area contributed by atoms with E-state index < -0.39 is 0 Å². The van der Waals surface area contributed by atoms with E-state index in [1.54, 1.807) is 23.3 Å². The summed E-state index contributed by atoms with van der Waals surface area (Å²) in [6.45, 7) is 0. The average molecular weight is 213 g/mol. The van der Waals surface area contributed by atoms with Crippen molar-refractivity contribution in [2.24, 2.45) is 0 Å². The average Bonchev–Trinajstić information content (AvgIpc) is 2.78. The van der Waals surface area contributed by atoms with Crippen LogP contribution in [0.3, 0.4) is 0 Å². The van der Waals surface area contributed by atoms with Crippen LogP contribution in [-0.2, 0) is 0 Å². The zero-order chi connectivity index (χ0) is 11.0. The van der Waals surface area contributed by atoms with Gasteiger partial charge in [0.25, 0.3) is 0 Å². The molecule has 0 saturated carbocycles. The molecule has 6 heteroatoms. The van der Waals surface area contributed by atoms with Crippen molar-refractivity contribution in [1.82, 2.24) is 24.5 Å². The van der Waals surface area contributed by atoms with Gasteiger partial charge in [-0.3, -0.25) is 4.79 Å². The van der Waals surface area contributed by atoms with Crippen LogP contribution in [0.15, 0.2) is 42.0 Å². The third kappa shape index (κ3) is 1.28. The van der Waals surface area contributed by atoms with Crippen molar-refractivity contribution in [2.45, 2.75) is 0 Å². The van der Waals surface area contributed by atoms with E-state index in [-0.39, 0.29) is 5.43 Å². The second-order valence-electron chi connectivity index (χ2n) is 3.24. The number of nitrogens with one attached hydrogen (secondary N) is 1. The zero-order valence-corrected chi connectivity index (χ0v) is 8.16. The fourth-order valence-electron chi connectivity index (χ4n) is 1.49. The minimum atomic E-state index is -0.0384. The lowest BCUT2D eigenvalue weighted by molar-refractivity contribution is 0.975. The maximum absolute atomic E-state index is 11.0. The third-order valence-corrected chi connectivity index (χ3v) is 2.24. The standard InChI is InChI=1S/C10H7N5O/c16-7-1-3-15(4-2-7)10-8-9(12-5-11-8)13-6-14-10/h1-6H,(H,11,12,13,14). The van der Waals surface area contributed by atoms with Crippen LogP contribution in [0.2, 0.25) is 0 Å². The highest BCUT2D eigenvalue weighted by Crippen LogP contribution is 2.12. The number of pyridine rings is 1. The number of aromatic nitrogens is 5. The van der Waals surface area contributed by atoms with Gasteiger partial charge in [0.05, 0.1) is 6.33 Å². The molecule has 78 valence electrons. The van der Waals surface area contributed by atoms with Gasteiger partial charge >= 0.3 is 0 Å². The van der Waals surface area contributed by atoms with E-state index in [1.165, 1.54) is 18.5 Å². The first-order valence-corrected chi connectivity index (χ1v) is 4.67. The lowest BCUT2D eigenvalue weighted by Crippen LogP contribution is -2.04. The first kappa shape index (κ1) is 8.78. The Labute approximate surface area is 89.6 Å². The highest BCUT2D eigenvalue weighted by Gasteiger charge is 2.06. The predicted molar refractivity (Wildman–Crippen MR) is 57.3 cm³/mol. The number of rotatable bonds is 1. The van der Waals surface area contributed by atoms with Gasteiger partial charge in [0.1, 0.15) is 6.33 Å². The maximum Gasteiger partial charge on any atom is 0.181 e. The van der Waals surface area contributed by atoms with Crippen molar-refractivity contribution in [1.29, 1.82) is 0 Å². The minimum Gasteiger partial charge on any atom is -0.329 e. The summed E-state index contributed by atoms with van der Waals surface area (Å²) in [5.41, 5.74) is 1.30. The molecule has 3 aromatic rings. The minimum absolute atomic E-state index is 0.0384. The second kappa shape index (κ2) is 3.27. The molecule has 0 amide bonds. The molecule has 0 aliphatic heterocycles. The molecule has 0 fully saturated rings. The van der Waals surface area contributed by atoms with Gasteiger partial charge in [-0.1, -0.05) is 0 Å². The molecule has 0 radical (unpaired) electrons. The van der Waals surface area contributed by atoms with E-state index in [1.807, 2.05) is 0 Å². The molecule has 3 aromatic heterocycles. The van der Waals surface area contributed by atoms with E-state index in [4.69, 9.17) is 0 Å². The molecule has 0 spiro atoms. The number of aromatic amines is 1. The molecule has 3 heterocycles. The van der Waals surface area contributed by atoms with Crippen molar-refractivity contribution < 1.29 is 0 Å². The first-order chi connectivity index (χ1) is 7.84. The SMILES string of the molecule is O=c1ccn(-c2ncnc3[nH]cnc23)cc1. The highest BCUT2D eigenvalue weighted by molar-refractivity contribution is 5.77. The Kier molecular flexibility index (Phi) is 1.79. The summed E-state index contributed by atoms with van der Waals surface area (Å²) < 4.78 is 1.73. The summed E-state index contributed by atoms with van der Waals surface area (Å²) in [7, 11) is 0. The van der Waals surface area contributed by atoms with E-state index in [9.17, 15) is 4.79 Å². The largest absolute Gasteiger partial charge is 0.329 e. The van der Waals surface area contributed by atoms with Crippen molar-refractivity contribution in [2.75, 3.05) is 0 Å². The lowest BCUT2D eigenvalue weighted by Gasteiger charge is -2.03. The van der Waals surface area contributed by atoms with Crippen LogP contribution in [0.25, 0.3) is 17.0 Å². The molecule has 0 aliphatic carbocycles. The van der Waals surface area contributed by atoms with Crippen molar-refractivity contribution in [3.8, 4) is 5.82 Å². The fourth-order valence-corrected chi connectivity index (χ4v) is 1.49. The second-order valence-corrected chi connectivity index (χ2v) is 3.24. The topological polar surface area (TPSA) is 76.5 Å². The molecule has 0 saturated heterocycles. The normalized spacial score (nSPS) is 10.8. The van der Waals surface area contributed by atoms with Crippen molar-refractivity contribution in [3.63, 3.8) is 0 Å². The number of hydrogen-bond acceptors (Lipinski definition) is 4. The lowest BCUT2D eigenvalue weighted by atomic mass is 10.4. The third-order valence-electron chi connectivity index (χ3n) is 2.24. The van der Waals surface area contributed by atoms with Crippen LogP contribution in [-0.4, -0.2) is 24.5 Å².